The van der Waals surface area contributed by atoms with Crippen LogP contribution in [0.25, 0.3) is 5.69 Å². The molecule has 1 fully saturated rings. The minimum Gasteiger partial charge on any atom is -0.508 e. The predicted octanol–water partition coefficient (Wildman–Crippen LogP) is 3.48. The van der Waals surface area contributed by atoms with Crippen LogP contribution in [0.2, 0.25) is 0 Å². The molecule has 0 atom stereocenters. The van der Waals surface area contributed by atoms with Crippen LogP contribution in [0.1, 0.15) is 25.0 Å². The molecule has 1 aliphatic heterocycles. The average Bonchev–Trinajstić information content (AvgIpc) is 2.82. The van der Waals surface area contributed by atoms with Crippen molar-refractivity contribution in [2.45, 2.75) is 26.2 Å². The van der Waals surface area contributed by atoms with E-state index in [1.807, 2.05) is 12.1 Å². The van der Waals surface area contributed by atoms with Crippen LogP contribution in [0.5, 0.6) is 5.75 Å². The Morgan fingerprint density at radius 2 is 1.79 bits per heavy atom. The van der Waals surface area contributed by atoms with Gasteiger partial charge in [-0.05, 0) is 44.4 Å². The van der Waals surface area contributed by atoms with Crippen LogP contribution in [0.15, 0.2) is 36.5 Å². The predicted molar refractivity (Wildman–Crippen MR) is 78.2 cm³/mol. The molecule has 3 nitrogen and oxygen atoms in total. The van der Waals surface area contributed by atoms with Crippen LogP contribution in [0, 0.1) is 6.92 Å². The highest BCUT2D eigenvalue weighted by Gasteiger charge is 2.14. The number of benzene rings is 1. The molecule has 1 saturated heterocycles. The lowest BCUT2D eigenvalue weighted by Gasteiger charge is -2.27. The number of aryl methyl sites for hydroxylation is 1. The number of piperidine rings is 1. The Balaban J connectivity index is 1.92. The Morgan fingerprint density at radius 1 is 1.00 bits per heavy atom. The molecule has 0 amide bonds. The summed E-state index contributed by atoms with van der Waals surface area (Å²) in [5.74, 6) is 0.310. The first-order valence-corrected chi connectivity index (χ1v) is 6.97. The van der Waals surface area contributed by atoms with E-state index in [9.17, 15) is 5.11 Å². The largest absolute Gasteiger partial charge is 0.508 e. The van der Waals surface area contributed by atoms with Crippen LogP contribution >= 0.6 is 0 Å². The fraction of sp³-hybridized carbons (Fsp3) is 0.375. The van der Waals surface area contributed by atoms with Crippen molar-refractivity contribution >= 4 is 5.69 Å². The van der Waals surface area contributed by atoms with Gasteiger partial charge in [-0.1, -0.05) is 6.07 Å². The number of rotatable bonds is 2. The van der Waals surface area contributed by atoms with E-state index < -0.39 is 0 Å². The SMILES string of the molecule is Cc1cc(N2CCCCC2)cn1-c1cccc(O)c1. The first-order chi connectivity index (χ1) is 9.24. The summed E-state index contributed by atoms with van der Waals surface area (Å²) in [6.07, 6.45) is 6.10. The van der Waals surface area contributed by atoms with Gasteiger partial charge in [-0.2, -0.15) is 0 Å². The van der Waals surface area contributed by atoms with Crippen molar-refractivity contribution in [3.8, 4) is 11.4 Å². The highest BCUT2D eigenvalue weighted by Crippen LogP contribution is 2.26. The van der Waals surface area contributed by atoms with Gasteiger partial charge in [0.1, 0.15) is 5.75 Å². The van der Waals surface area contributed by atoms with Crippen molar-refractivity contribution in [1.82, 2.24) is 4.57 Å². The molecule has 0 radical (unpaired) electrons. The summed E-state index contributed by atoms with van der Waals surface area (Å²) >= 11 is 0. The van der Waals surface area contributed by atoms with Crippen molar-refractivity contribution in [2.75, 3.05) is 18.0 Å². The van der Waals surface area contributed by atoms with Gasteiger partial charge in [-0.3, -0.25) is 0 Å². The number of anilines is 1. The van der Waals surface area contributed by atoms with Gasteiger partial charge >= 0.3 is 0 Å². The van der Waals surface area contributed by atoms with Gasteiger partial charge in [-0.25, -0.2) is 0 Å². The topological polar surface area (TPSA) is 28.4 Å². The normalized spacial score (nSPS) is 15.7. The van der Waals surface area contributed by atoms with Crippen molar-refractivity contribution in [3.63, 3.8) is 0 Å². The Bertz CT molecular complexity index is 568. The van der Waals surface area contributed by atoms with E-state index in [-0.39, 0.29) is 0 Å². The molecule has 100 valence electrons. The number of hydrogen-bond acceptors (Lipinski definition) is 2. The summed E-state index contributed by atoms with van der Waals surface area (Å²) in [6.45, 7) is 4.42. The summed E-state index contributed by atoms with van der Waals surface area (Å²) in [5, 5.41) is 9.60. The van der Waals surface area contributed by atoms with E-state index in [2.05, 4.69) is 28.7 Å². The van der Waals surface area contributed by atoms with Gasteiger partial charge in [0.15, 0.2) is 0 Å². The lowest BCUT2D eigenvalue weighted by atomic mass is 10.1. The van der Waals surface area contributed by atoms with Crippen molar-refractivity contribution in [2.24, 2.45) is 0 Å². The van der Waals surface area contributed by atoms with Crippen LogP contribution in [-0.2, 0) is 0 Å². The molecule has 0 unspecified atom stereocenters. The number of hydrogen-bond donors (Lipinski definition) is 1. The Labute approximate surface area is 114 Å². The Kier molecular flexibility index (Phi) is 3.20. The summed E-state index contributed by atoms with van der Waals surface area (Å²) in [4.78, 5) is 2.45. The summed E-state index contributed by atoms with van der Waals surface area (Å²) in [6, 6.07) is 9.63. The molecule has 1 N–H and O–H groups in total. The minimum atomic E-state index is 0.310. The molecular formula is C16H20N2O. The second-order valence-corrected chi connectivity index (χ2v) is 5.28. The van der Waals surface area contributed by atoms with Gasteiger partial charge in [0.2, 0.25) is 0 Å². The van der Waals surface area contributed by atoms with Crippen molar-refractivity contribution in [1.29, 1.82) is 0 Å². The number of phenols is 1. The molecule has 1 aromatic heterocycles. The number of phenolic OH excluding ortho intramolecular Hbond substituents is 1. The zero-order valence-corrected chi connectivity index (χ0v) is 11.3. The molecule has 2 heterocycles. The molecule has 19 heavy (non-hydrogen) atoms. The van der Waals surface area contributed by atoms with E-state index in [4.69, 9.17) is 0 Å². The van der Waals surface area contributed by atoms with Crippen LogP contribution in [0.3, 0.4) is 0 Å². The van der Waals surface area contributed by atoms with Gasteiger partial charge < -0.3 is 14.6 Å². The quantitative estimate of drug-likeness (QED) is 0.891. The molecule has 0 saturated carbocycles. The summed E-state index contributed by atoms with van der Waals surface area (Å²) in [5.41, 5.74) is 3.51. The third kappa shape index (κ3) is 2.46. The Morgan fingerprint density at radius 3 is 2.53 bits per heavy atom. The highest BCUT2D eigenvalue weighted by atomic mass is 16.3. The monoisotopic (exact) mass is 256 g/mol. The van der Waals surface area contributed by atoms with E-state index in [0.717, 1.165) is 18.8 Å². The fourth-order valence-electron chi connectivity index (χ4n) is 2.80. The van der Waals surface area contributed by atoms with E-state index in [1.165, 1.54) is 30.6 Å². The number of nitrogens with zero attached hydrogens (tertiary/aromatic N) is 2. The smallest absolute Gasteiger partial charge is 0.117 e. The zero-order chi connectivity index (χ0) is 13.2. The second kappa shape index (κ2) is 5.00. The fourth-order valence-corrected chi connectivity index (χ4v) is 2.80. The second-order valence-electron chi connectivity index (χ2n) is 5.28. The first kappa shape index (κ1) is 12.2. The van der Waals surface area contributed by atoms with E-state index in [1.54, 1.807) is 12.1 Å². The third-order valence-electron chi connectivity index (χ3n) is 3.83. The van der Waals surface area contributed by atoms with Gasteiger partial charge in [-0.15, -0.1) is 0 Å². The molecule has 3 heteroatoms. The van der Waals surface area contributed by atoms with Crippen LogP contribution < -0.4 is 4.90 Å². The van der Waals surface area contributed by atoms with E-state index >= 15 is 0 Å². The molecule has 3 rings (SSSR count). The molecule has 1 aromatic carbocycles. The molecule has 0 aliphatic carbocycles. The zero-order valence-electron chi connectivity index (χ0n) is 11.3. The highest BCUT2D eigenvalue weighted by molar-refractivity contribution is 5.52. The van der Waals surface area contributed by atoms with E-state index in [0.29, 0.717) is 5.75 Å². The maximum atomic E-state index is 9.60. The minimum absolute atomic E-state index is 0.310. The lowest BCUT2D eigenvalue weighted by Crippen LogP contribution is -2.28. The molecule has 0 spiro atoms. The van der Waals surface area contributed by atoms with Crippen LogP contribution in [0.4, 0.5) is 5.69 Å². The summed E-state index contributed by atoms with van der Waals surface area (Å²) in [7, 11) is 0. The molecule has 0 bridgehead atoms. The number of aromatic hydroxyl groups is 1. The van der Waals surface area contributed by atoms with Crippen LogP contribution in [-0.4, -0.2) is 22.8 Å². The maximum absolute atomic E-state index is 9.60. The molecular weight excluding hydrogens is 236 g/mol. The average molecular weight is 256 g/mol. The Hall–Kier alpha value is -1.90. The third-order valence-corrected chi connectivity index (χ3v) is 3.83. The molecule has 2 aromatic rings. The summed E-state index contributed by atoms with van der Waals surface area (Å²) < 4.78 is 2.14. The molecule has 1 aliphatic rings. The standard InChI is InChI=1S/C16H20N2O/c1-13-10-15(17-8-3-2-4-9-17)12-18(13)14-6-5-7-16(19)11-14/h5-7,10-12,19H,2-4,8-9H2,1H3. The van der Waals surface area contributed by atoms with Gasteiger partial charge in [0, 0.05) is 36.7 Å². The first-order valence-electron chi connectivity index (χ1n) is 6.97. The maximum Gasteiger partial charge on any atom is 0.117 e. The lowest BCUT2D eigenvalue weighted by molar-refractivity contribution is 0.475. The van der Waals surface area contributed by atoms with Gasteiger partial charge in [0.05, 0.1) is 5.69 Å². The van der Waals surface area contributed by atoms with Gasteiger partial charge in [0.25, 0.3) is 0 Å². The van der Waals surface area contributed by atoms with Crippen molar-refractivity contribution < 1.29 is 5.11 Å². The number of aromatic nitrogens is 1. The van der Waals surface area contributed by atoms with Crippen molar-refractivity contribution in [3.05, 3.63) is 42.2 Å².